The molecule has 3 aliphatic heterocycles. The molecule has 4 rings (SSSR count). The first-order chi connectivity index (χ1) is 30.8. The number of hydrogen-bond donors (Lipinski definition) is 4. The third kappa shape index (κ3) is 17.9. The Labute approximate surface area is 385 Å². The van der Waals surface area contributed by atoms with Gasteiger partial charge in [0.25, 0.3) is 0 Å². The van der Waals surface area contributed by atoms with E-state index in [2.05, 4.69) is 71.2 Å². The van der Waals surface area contributed by atoms with Crippen molar-refractivity contribution in [1.82, 2.24) is 46.1 Å². The molecular formula is C44H79N9O10S. The molecule has 2 fully saturated rings. The minimum Gasteiger partial charge on any atom is -0.379 e. The summed E-state index contributed by atoms with van der Waals surface area (Å²) < 4.78 is 36.2. The number of fused-ring (bicyclic) bond motifs is 2. The van der Waals surface area contributed by atoms with Crippen LogP contribution in [-0.2, 0) is 55.8 Å². The molecule has 5 atom stereocenters. The Kier molecular flexibility index (Phi) is 23.5. The summed E-state index contributed by atoms with van der Waals surface area (Å²) in [5.74, 6) is 0.855. The van der Waals surface area contributed by atoms with E-state index in [0.717, 1.165) is 49.4 Å². The Morgan fingerprint density at radius 1 is 0.859 bits per heavy atom. The maximum atomic E-state index is 13.4. The molecule has 0 saturated carbocycles. The second-order valence-corrected chi connectivity index (χ2v) is 19.3. The van der Waals surface area contributed by atoms with Gasteiger partial charge in [0.1, 0.15) is 17.9 Å². The number of likely N-dealkylation sites (N-methyl/N-ethyl adjacent to an activating group) is 1. The first-order valence-electron chi connectivity index (χ1n) is 23.3. The Morgan fingerprint density at radius 3 is 2.14 bits per heavy atom. The number of nitrogens with zero attached hydrogens (tertiary/aromatic N) is 5. The number of thioether (sulfide) groups is 1. The lowest BCUT2D eigenvalue weighted by Crippen LogP contribution is -2.47. The zero-order chi connectivity index (χ0) is 46.4. The fraction of sp³-hybridized carbons (Fsp3) is 0.864. The Morgan fingerprint density at radius 2 is 1.50 bits per heavy atom. The normalized spacial score (nSPS) is 22.1. The lowest BCUT2D eigenvalue weighted by molar-refractivity contribution is -0.135. The highest BCUT2D eigenvalue weighted by molar-refractivity contribution is 8.00. The van der Waals surface area contributed by atoms with E-state index in [1.165, 1.54) is 0 Å². The lowest BCUT2D eigenvalue weighted by atomic mass is 9.92. The molecule has 0 radical (unpaired) electrons. The number of amides is 5. The molecule has 1 aromatic rings. The van der Waals surface area contributed by atoms with Crippen LogP contribution in [0, 0.1) is 0 Å². The van der Waals surface area contributed by atoms with Crippen molar-refractivity contribution in [3.05, 3.63) is 11.4 Å². The van der Waals surface area contributed by atoms with E-state index in [4.69, 9.17) is 28.4 Å². The van der Waals surface area contributed by atoms with Crippen LogP contribution in [0.2, 0.25) is 0 Å². The van der Waals surface area contributed by atoms with Crippen LogP contribution in [0.4, 0.5) is 4.79 Å². The number of carbonyl (C=O) groups excluding carboxylic acids is 4. The average Bonchev–Trinajstić information content (AvgIpc) is 3.88. The molecule has 0 aromatic carbocycles. The molecule has 4 heterocycles. The Balaban J connectivity index is 0.950. The molecule has 0 aliphatic carbocycles. The molecule has 64 heavy (non-hydrogen) atoms. The minimum absolute atomic E-state index is 0.0350. The van der Waals surface area contributed by atoms with E-state index in [9.17, 15) is 19.2 Å². The predicted octanol–water partition coefficient (Wildman–Crippen LogP) is 2.46. The summed E-state index contributed by atoms with van der Waals surface area (Å²) in [4.78, 5) is 53.9. The van der Waals surface area contributed by atoms with Crippen LogP contribution >= 0.6 is 11.8 Å². The van der Waals surface area contributed by atoms with Gasteiger partial charge in [0.05, 0.1) is 63.5 Å². The maximum Gasteiger partial charge on any atom is 0.315 e. The van der Waals surface area contributed by atoms with Gasteiger partial charge in [-0.15, -0.1) is 5.10 Å². The highest BCUT2D eigenvalue weighted by Crippen LogP contribution is 2.39. The van der Waals surface area contributed by atoms with E-state index < -0.39 is 12.2 Å². The number of carbonyl (C=O) groups is 4. The predicted molar refractivity (Wildman–Crippen MR) is 244 cm³/mol. The number of unbranched alkanes of at least 4 members (excludes halogenated alkanes) is 1. The van der Waals surface area contributed by atoms with Crippen LogP contribution in [0.15, 0.2) is 0 Å². The topological polar surface area (TPSA) is 209 Å². The zero-order valence-electron chi connectivity index (χ0n) is 39.7. The minimum atomic E-state index is -0.484. The summed E-state index contributed by atoms with van der Waals surface area (Å²) in [5.41, 5.74) is 1.54. The van der Waals surface area contributed by atoms with Crippen LogP contribution in [0.25, 0.3) is 0 Å². The number of methoxy groups -OCH3 is 2. The van der Waals surface area contributed by atoms with Gasteiger partial charge in [-0.3, -0.25) is 19.3 Å². The number of rotatable bonds is 31. The van der Waals surface area contributed by atoms with Crippen LogP contribution in [-0.4, -0.2) is 190 Å². The fourth-order valence-electron chi connectivity index (χ4n) is 7.94. The third-order valence-corrected chi connectivity index (χ3v) is 13.9. The molecule has 1 unspecified atom stereocenters. The zero-order valence-corrected chi connectivity index (χ0v) is 40.5. The smallest absolute Gasteiger partial charge is 0.315 e. The fourth-order valence-corrected chi connectivity index (χ4v) is 9.65. The van der Waals surface area contributed by atoms with E-state index in [1.807, 2.05) is 16.4 Å². The molecule has 0 spiro atoms. The van der Waals surface area contributed by atoms with Gasteiger partial charge in [-0.1, -0.05) is 11.6 Å². The van der Waals surface area contributed by atoms with Crippen molar-refractivity contribution >= 4 is 35.5 Å². The molecule has 0 bridgehead atoms. The van der Waals surface area contributed by atoms with Gasteiger partial charge in [0.2, 0.25) is 17.7 Å². The Hall–Kier alpha value is -3.11. The maximum absolute atomic E-state index is 13.4. The average molecular weight is 926 g/mol. The summed E-state index contributed by atoms with van der Waals surface area (Å²) in [6, 6.07) is 0.0861. The second-order valence-electron chi connectivity index (χ2n) is 18.1. The molecule has 1 aromatic heterocycles. The van der Waals surface area contributed by atoms with Gasteiger partial charge in [-0.2, -0.15) is 11.8 Å². The highest BCUT2D eigenvalue weighted by Gasteiger charge is 2.51. The molecule has 20 heteroatoms. The van der Waals surface area contributed by atoms with Gasteiger partial charge < -0.3 is 54.6 Å². The summed E-state index contributed by atoms with van der Waals surface area (Å²) >= 11 is 1.90. The second kappa shape index (κ2) is 28.2. The quantitative estimate of drug-likeness (QED) is 0.0624. The van der Waals surface area contributed by atoms with Crippen molar-refractivity contribution in [2.45, 2.75) is 133 Å². The van der Waals surface area contributed by atoms with Gasteiger partial charge in [-0.05, 0) is 66.8 Å². The number of hydrogen-bond acceptors (Lipinski definition) is 14. The standard InChI is InChI=1S/C44H79N9O10S/c1-43(2,3)51(5)21-25-62-26-22-53-33-17-20-52(31-34(58-6)40(59-7)39(33)49-50-53)38(56)16-10-15-37(55)46-19-12-24-61-28-30-63-29-27-60-23-11-18-45-36(54)14-9-8-13-35-41-44(4,32-64-35)48-42(57)47-41/h34-35,40-41H,8-32H2,1-7H3,(H,45,54)(H,46,55)(H2,47,48,57)/t34-,35?,40+,41+,44-/m0/s1. The molecule has 3 aliphatic rings. The number of nitrogens with one attached hydrogen (secondary N) is 4. The van der Waals surface area contributed by atoms with E-state index >= 15 is 0 Å². The lowest BCUT2D eigenvalue weighted by Gasteiger charge is -2.33. The molecule has 4 N–H and O–H groups in total. The van der Waals surface area contributed by atoms with Crippen LogP contribution < -0.4 is 21.3 Å². The van der Waals surface area contributed by atoms with Crippen molar-refractivity contribution < 1.29 is 47.6 Å². The Bertz CT molecular complexity index is 1570. The van der Waals surface area contributed by atoms with Gasteiger partial charge in [0.15, 0.2) is 0 Å². The number of urea groups is 1. The van der Waals surface area contributed by atoms with Crippen molar-refractivity contribution in [3.63, 3.8) is 0 Å². The first kappa shape index (κ1) is 53.5. The first-order valence-corrected chi connectivity index (χ1v) is 24.3. The molecule has 2 saturated heterocycles. The van der Waals surface area contributed by atoms with Crippen LogP contribution in [0.1, 0.15) is 103 Å². The highest BCUT2D eigenvalue weighted by atomic mass is 32.2. The SMILES string of the molecule is CO[C@H]1CN(C(=O)CCCC(=O)NCCCOCCOCCOCCCNC(=O)CCCCC2SC[C@]3(C)NC(=O)N[C@H]23)CCc2c(nnn2CCOCCN(C)C(C)(C)C)[C@@H]1OC. The molecular weight excluding hydrogens is 847 g/mol. The molecule has 19 nitrogen and oxygen atoms in total. The summed E-state index contributed by atoms with van der Waals surface area (Å²) in [6.45, 7) is 15.9. The van der Waals surface area contributed by atoms with Crippen molar-refractivity contribution in [2.24, 2.45) is 0 Å². The molecule has 366 valence electrons. The number of aromatic nitrogens is 3. The van der Waals surface area contributed by atoms with Gasteiger partial charge in [-0.25, -0.2) is 9.48 Å². The van der Waals surface area contributed by atoms with Gasteiger partial charge in [0, 0.05) is 102 Å². The van der Waals surface area contributed by atoms with Gasteiger partial charge >= 0.3 is 6.03 Å². The third-order valence-electron chi connectivity index (χ3n) is 12.2. The largest absolute Gasteiger partial charge is 0.379 e. The monoisotopic (exact) mass is 926 g/mol. The summed E-state index contributed by atoms with van der Waals surface area (Å²) in [5, 5.41) is 21.2. The van der Waals surface area contributed by atoms with Crippen LogP contribution in [0.5, 0.6) is 0 Å². The van der Waals surface area contributed by atoms with Crippen molar-refractivity contribution in [2.75, 3.05) is 113 Å². The van der Waals surface area contributed by atoms with E-state index in [1.54, 1.807) is 19.1 Å². The van der Waals surface area contributed by atoms with Crippen molar-refractivity contribution in [3.8, 4) is 0 Å². The van der Waals surface area contributed by atoms with Crippen molar-refractivity contribution in [1.29, 1.82) is 0 Å². The number of ether oxygens (including phenoxy) is 6. The van der Waals surface area contributed by atoms with Crippen LogP contribution in [0.3, 0.4) is 0 Å². The van der Waals surface area contributed by atoms with E-state index in [-0.39, 0.29) is 53.7 Å². The summed E-state index contributed by atoms with van der Waals surface area (Å²) in [6.07, 6.45) is 5.31. The van der Waals surface area contributed by atoms with E-state index in [0.29, 0.717) is 117 Å². The summed E-state index contributed by atoms with van der Waals surface area (Å²) in [7, 11) is 5.31. The molecule has 5 amide bonds.